The zero-order valence-electron chi connectivity index (χ0n) is 12.9. The standard InChI is InChI=1S/C17H21NO3/c1-5-20-15-9-8-14(11-12(15)2)17(19)18(4)13(3)16-7-6-10-21-16/h6-11,13H,5H2,1-4H3. The predicted octanol–water partition coefficient (Wildman–Crippen LogP) is 3.82. The Balaban J connectivity index is 2.17. The number of hydrogen-bond acceptors (Lipinski definition) is 3. The van der Waals surface area contributed by atoms with E-state index in [1.165, 1.54) is 0 Å². The number of carbonyl (C=O) groups excluding carboxylic acids is 1. The molecule has 0 saturated carbocycles. The lowest BCUT2D eigenvalue weighted by Crippen LogP contribution is -2.29. The molecule has 1 aromatic carbocycles. The molecule has 2 aromatic rings. The highest BCUT2D eigenvalue weighted by molar-refractivity contribution is 5.94. The van der Waals surface area contributed by atoms with Gasteiger partial charge in [-0.25, -0.2) is 0 Å². The molecule has 0 bridgehead atoms. The molecule has 0 aliphatic heterocycles. The number of ether oxygens (including phenoxy) is 1. The summed E-state index contributed by atoms with van der Waals surface area (Å²) < 4.78 is 10.9. The Hall–Kier alpha value is -2.23. The third kappa shape index (κ3) is 3.27. The Morgan fingerprint density at radius 2 is 2.14 bits per heavy atom. The second-order valence-electron chi connectivity index (χ2n) is 5.02. The first-order chi connectivity index (χ1) is 10.0. The zero-order chi connectivity index (χ0) is 15.4. The van der Waals surface area contributed by atoms with E-state index in [9.17, 15) is 4.79 Å². The van der Waals surface area contributed by atoms with Crippen molar-refractivity contribution in [2.24, 2.45) is 0 Å². The van der Waals surface area contributed by atoms with E-state index in [0.29, 0.717) is 12.2 Å². The fourth-order valence-electron chi connectivity index (χ4n) is 2.20. The third-order valence-corrected chi connectivity index (χ3v) is 3.58. The van der Waals surface area contributed by atoms with E-state index in [-0.39, 0.29) is 11.9 Å². The van der Waals surface area contributed by atoms with Gasteiger partial charge in [0.05, 0.1) is 18.9 Å². The number of furan rings is 1. The van der Waals surface area contributed by atoms with Gasteiger partial charge in [0.1, 0.15) is 11.5 Å². The summed E-state index contributed by atoms with van der Waals surface area (Å²) in [4.78, 5) is 14.2. The molecule has 1 amide bonds. The van der Waals surface area contributed by atoms with Crippen LogP contribution in [0.2, 0.25) is 0 Å². The van der Waals surface area contributed by atoms with Crippen LogP contribution in [0.5, 0.6) is 5.75 Å². The Bertz CT molecular complexity index is 605. The van der Waals surface area contributed by atoms with Crippen molar-refractivity contribution >= 4 is 5.91 Å². The highest BCUT2D eigenvalue weighted by Crippen LogP contribution is 2.24. The molecule has 0 fully saturated rings. The quantitative estimate of drug-likeness (QED) is 0.839. The number of carbonyl (C=O) groups is 1. The fourth-order valence-corrected chi connectivity index (χ4v) is 2.20. The van der Waals surface area contributed by atoms with E-state index >= 15 is 0 Å². The normalized spacial score (nSPS) is 12.0. The first kappa shape index (κ1) is 15.2. The SMILES string of the molecule is CCOc1ccc(C(=O)N(C)C(C)c2ccco2)cc1C. The van der Waals surface area contributed by atoms with Crippen molar-refractivity contribution < 1.29 is 13.9 Å². The predicted molar refractivity (Wildman–Crippen MR) is 81.6 cm³/mol. The zero-order valence-corrected chi connectivity index (χ0v) is 12.9. The van der Waals surface area contributed by atoms with Gasteiger partial charge in [-0.3, -0.25) is 4.79 Å². The van der Waals surface area contributed by atoms with Gasteiger partial charge in [-0.05, 0) is 56.7 Å². The lowest BCUT2D eigenvalue weighted by molar-refractivity contribution is 0.0726. The topological polar surface area (TPSA) is 42.7 Å². The lowest BCUT2D eigenvalue weighted by Gasteiger charge is -2.23. The molecule has 2 rings (SSSR count). The van der Waals surface area contributed by atoms with Gasteiger partial charge >= 0.3 is 0 Å². The number of nitrogens with zero attached hydrogens (tertiary/aromatic N) is 1. The number of rotatable bonds is 5. The highest BCUT2D eigenvalue weighted by Gasteiger charge is 2.21. The molecule has 0 saturated heterocycles. The number of aryl methyl sites for hydroxylation is 1. The molecule has 0 aliphatic carbocycles. The van der Waals surface area contributed by atoms with Crippen LogP contribution in [0.25, 0.3) is 0 Å². The smallest absolute Gasteiger partial charge is 0.254 e. The summed E-state index contributed by atoms with van der Waals surface area (Å²) >= 11 is 0. The van der Waals surface area contributed by atoms with Crippen molar-refractivity contribution in [1.29, 1.82) is 0 Å². The number of amides is 1. The van der Waals surface area contributed by atoms with E-state index in [0.717, 1.165) is 17.1 Å². The van der Waals surface area contributed by atoms with E-state index in [4.69, 9.17) is 9.15 Å². The maximum absolute atomic E-state index is 12.5. The van der Waals surface area contributed by atoms with Gasteiger partial charge in [0.2, 0.25) is 0 Å². The molecule has 21 heavy (non-hydrogen) atoms. The Labute approximate surface area is 125 Å². The molecule has 1 unspecified atom stereocenters. The molecule has 0 N–H and O–H groups in total. The lowest BCUT2D eigenvalue weighted by atomic mass is 10.1. The molecular formula is C17H21NO3. The van der Waals surface area contributed by atoms with Gasteiger partial charge < -0.3 is 14.1 Å². The molecule has 0 aliphatic rings. The number of benzene rings is 1. The van der Waals surface area contributed by atoms with Gasteiger partial charge in [-0.15, -0.1) is 0 Å². The summed E-state index contributed by atoms with van der Waals surface area (Å²) in [5.41, 5.74) is 1.61. The van der Waals surface area contributed by atoms with Gasteiger partial charge in [-0.1, -0.05) is 0 Å². The second-order valence-corrected chi connectivity index (χ2v) is 5.02. The monoisotopic (exact) mass is 287 g/mol. The second kappa shape index (κ2) is 6.48. The summed E-state index contributed by atoms with van der Waals surface area (Å²) in [5, 5.41) is 0. The molecule has 1 aromatic heterocycles. The summed E-state index contributed by atoms with van der Waals surface area (Å²) in [7, 11) is 1.78. The highest BCUT2D eigenvalue weighted by atomic mass is 16.5. The van der Waals surface area contributed by atoms with E-state index in [1.807, 2.05) is 45.0 Å². The van der Waals surface area contributed by atoms with E-state index < -0.39 is 0 Å². The van der Waals surface area contributed by atoms with Gasteiger partial charge in [-0.2, -0.15) is 0 Å². The van der Waals surface area contributed by atoms with E-state index in [1.54, 1.807) is 24.3 Å². The summed E-state index contributed by atoms with van der Waals surface area (Å²) in [6.45, 7) is 6.44. The molecule has 1 heterocycles. The third-order valence-electron chi connectivity index (χ3n) is 3.58. The minimum atomic E-state index is -0.112. The van der Waals surface area contributed by atoms with Gasteiger partial charge in [0.25, 0.3) is 5.91 Å². The largest absolute Gasteiger partial charge is 0.494 e. The molecule has 4 nitrogen and oxygen atoms in total. The summed E-state index contributed by atoms with van der Waals surface area (Å²) in [6, 6.07) is 9.09. The molecule has 0 spiro atoms. The fraction of sp³-hybridized carbons (Fsp3) is 0.353. The first-order valence-electron chi connectivity index (χ1n) is 7.08. The van der Waals surface area contributed by atoms with Crippen LogP contribution in [0.15, 0.2) is 41.0 Å². The minimum Gasteiger partial charge on any atom is -0.494 e. The van der Waals surface area contributed by atoms with Crippen molar-refractivity contribution in [1.82, 2.24) is 4.90 Å². The number of hydrogen-bond donors (Lipinski definition) is 0. The molecule has 4 heteroatoms. The average molecular weight is 287 g/mol. The molecular weight excluding hydrogens is 266 g/mol. The van der Waals surface area contributed by atoms with Crippen LogP contribution in [0.1, 0.15) is 41.6 Å². The molecule has 1 atom stereocenters. The first-order valence-corrected chi connectivity index (χ1v) is 7.08. The Kier molecular flexibility index (Phi) is 4.68. The van der Waals surface area contributed by atoms with Crippen LogP contribution >= 0.6 is 0 Å². The van der Waals surface area contributed by atoms with Crippen molar-refractivity contribution in [3.05, 3.63) is 53.5 Å². The van der Waals surface area contributed by atoms with Crippen LogP contribution in [-0.2, 0) is 0 Å². The molecule has 0 radical (unpaired) electrons. The summed E-state index contributed by atoms with van der Waals surface area (Å²) in [5.74, 6) is 1.55. The van der Waals surface area contributed by atoms with Crippen LogP contribution < -0.4 is 4.74 Å². The van der Waals surface area contributed by atoms with E-state index in [2.05, 4.69) is 0 Å². The van der Waals surface area contributed by atoms with Crippen LogP contribution in [0.3, 0.4) is 0 Å². The van der Waals surface area contributed by atoms with Gasteiger partial charge in [0.15, 0.2) is 0 Å². The van der Waals surface area contributed by atoms with Crippen molar-refractivity contribution in [2.75, 3.05) is 13.7 Å². The molecule has 112 valence electrons. The maximum Gasteiger partial charge on any atom is 0.254 e. The van der Waals surface area contributed by atoms with Crippen molar-refractivity contribution in [3.8, 4) is 5.75 Å². The summed E-state index contributed by atoms with van der Waals surface area (Å²) in [6.07, 6.45) is 1.62. The Morgan fingerprint density at radius 3 is 2.71 bits per heavy atom. The minimum absolute atomic E-state index is 0.0370. The van der Waals surface area contributed by atoms with Crippen LogP contribution in [-0.4, -0.2) is 24.5 Å². The van der Waals surface area contributed by atoms with Crippen LogP contribution in [0, 0.1) is 6.92 Å². The van der Waals surface area contributed by atoms with Gasteiger partial charge in [0, 0.05) is 12.6 Å². The average Bonchev–Trinajstić information content (AvgIpc) is 3.01. The van der Waals surface area contributed by atoms with Crippen LogP contribution in [0.4, 0.5) is 0 Å². The maximum atomic E-state index is 12.5. The van der Waals surface area contributed by atoms with Crippen molar-refractivity contribution in [3.63, 3.8) is 0 Å². The Morgan fingerprint density at radius 1 is 1.38 bits per heavy atom. The van der Waals surface area contributed by atoms with Crippen molar-refractivity contribution in [2.45, 2.75) is 26.8 Å².